The Kier molecular flexibility index (Phi) is 9.65. The molecule has 1 unspecified atom stereocenters. The van der Waals surface area contributed by atoms with Crippen molar-refractivity contribution >= 4 is 35.0 Å². The molecule has 0 heterocycles. The van der Waals surface area contributed by atoms with Gasteiger partial charge in [0.15, 0.2) is 0 Å². The molecule has 2 amide bonds. The highest BCUT2D eigenvalue weighted by atomic mass is 35.5. The molecule has 6 heteroatoms. The van der Waals surface area contributed by atoms with Crippen LogP contribution < -0.4 is 5.32 Å². The van der Waals surface area contributed by atoms with Gasteiger partial charge in [-0.15, -0.1) is 0 Å². The molecule has 1 saturated carbocycles. The minimum Gasteiger partial charge on any atom is -0.352 e. The van der Waals surface area contributed by atoms with Gasteiger partial charge in [-0.3, -0.25) is 9.59 Å². The van der Waals surface area contributed by atoms with E-state index in [1.165, 1.54) is 0 Å². The number of benzene rings is 3. The molecule has 4 rings (SSSR count). The van der Waals surface area contributed by atoms with E-state index in [1.807, 2.05) is 49.4 Å². The van der Waals surface area contributed by atoms with Crippen molar-refractivity contribution in [2.45, 2.75) is 70.0 Å². The van der Waals surface area contributed by atoms with Crippen LogP contribution in [-0.2, 0) is 16.1 Å². The first kappa shape index (κ1) is 27.2. The Morgan fingerprint density at radius 3 is 2.03 bits per heavy atom. The van der Waals surface area contributed by atoms with Crippen LogP contribution in [-0.4, -0.2) is 28.8 Å². The number of hydrogen-bond donors (Lipinski definition) is 1. The first-order valence-corrected chi connectivity index (χ1v) is 13.9. The van der Waals surface area contributed by atoms with Crippen LogP contribution in [0.1, 0.15) is 68.1 Å². The fraction of sp³-hybridized carbons (Fsp3) is 0.355. The summed E-state index contributed by atoms with van der Waals surface area (Å²) in [5, 5.41) is 4.10. The summed E-state index contributed by atoms with van der Waals surface area (Å²) in [4.78, 5) is 29.3. The number of carbonyl (C=O) groups is 2. The molecule has 0 aliphatic heterocycles. The summed E-state index contributed by atoms with van der Waals surface area (Å²) in [7, 11) is 0. The van der Waals surface area contributed by atoms with Crippen molar-refractivity contribution in [2.75, 3.05) is 0 Å². The smallest absolute Gasteiger partial charge is 0.243 e. The van der Waals surface area contributed by atoms with E-state index in [0.717, 1.165) is 42.4 Å². The lowest BCUT2D eigenvalue weighted by molar-refractivity contribution is -0.141. The molecule has 3 aromatic carbocycles. The number of amides is 2. The van der Waals surface area contributed by atoms with Gasteiger partial charge in [0.05, 0.1) is 10.0 Å². The largest absolute Gasteiger partial charge is 0.352 e. The zero-order chi connectivity index (χ0) is 26.2. The van der Waals surface area contributed by atoms with Crippen LogP contribution in [0.15, 0.2) is 78.9 Å². The van der Waals surface area contributed by atoms with E-state index in [9.17, 15) is 9.59 Å². The number of nitrogens with zero attached hydrogens (tertiary/aromatic N) is 1. The number of rotatable bonds is 10. The number of hydrogen-bond acceptors (Lipinski definition) is 2. The predicted octanol–water partition coefficient (Wildman–Crippen LogP) is 7.38. The summed E-state index contributed by atoms with van der Waals surface area (Å²) in [6, 6.07) is 25.1. The highest BCUT2D eigenvalue weighted by Gasteiger charge is 2.32. The van der Waals surface area contributed by atoms with Crippen LogP contribution >= 0.6 is 23.2 Å². The first-order valence-electron chi connectivity index (χ1n) is 13.1. The van der Waals surface area contributed by atoms with E-state index in [1.54, 1.807) is 17.0 Å². The first-order chi connectivity index (χ1) is 18.0. The Morgan fingerprint density at radius 1 is 0.892 bits per heavy atom. The van der Waals surface area contributed by atoms with Gasteiger partial charge in [0, 0.05) is 24.9 Å². The summed E-state index contributed by atoms with van der Waals surface area (Å²) < 4.78 is 0. The molecule has 0 spiro atoms. The maximum absolute atomic E-state index is 14.1. The van der Waals surface area contributed by atoms with Gasteiger partial charge in [-0.2, -0.15) is 0 Å². The highest BCUT2D eigenvalue weighted by Crippen LogP contribution is 2.30. The molecule has 194 valence electrons. The third-order valence-electron chi connectivity index (χ3n) is 7.21. The molecule has 1 fully saturated rings. The van der Waals surface area contributed by atoms with E-state index in [4.69, 9.17) is 23.2 Å². The minimum atomic E-state index is -0.574. The van der Waals surface area contributed by atoms with Gasteiger partial charge in [-0.25, -0.2) is 0 Å². The maximum Gasteiger partial charge on any atom is 0.243 e. The van der Waals surface area contributed by atoms with Gasteiger partial charge in [0.1, 0.15) is 6.04 Å². The lowest BCUT2D eigenvalue weighted by atomic mass is 9.88. The average molecular weight is 538 g/mol. The Morgan fingerprint density at radius 2 is 1.49 bits per heavy atom. The quantitative estimate of drug-likeness (QED) is 0.293. The Bertz CT molecular complexity index is 1140. The van der Waals surface area contributed by atoms with Crippen molar-refractivity contribution in [1.29, 1.82) is 0 Å². The van der Waals surface area contributed by atoms with Gasteiger partial charge >= 0.3 is 0 Å². The van der Waals surface area contributed by atoms with Crippen molar-refractivity contribution in [1.82, 2.24) is 10.2 Å². The van der Waals surface area contributed by atoms with Crippen LogP contribution in [0.25, 0.3) is 0 Å². The molecule has 0 aromatic heterocycles. The lowest BCUT2D eigenvalue weighted by Gasteiger charge is -2.33. The third kappa shape index (κ3) is 7.15. The molecular formula is C31H34Cl2N2O2. The minimum absolute atomic E-state index is 0.0720. The Balaban J connectivity index is 1.64. The molecule has 0 bridgehead atoms. The highest BCUT2D eigenvalue weighted by molar-refractivity contribution is 6.42. The standard InChI is InChI=1S/C31H34Cl2N2O2/c1-2-29(31(37)34-25-15-9-10-16-25)35(21-22-17-18-27(32)28(33)19-22)30(36)20-26(23-11-5-3-6-12-23)24-13-7-4-8-14-24/h3-8,11-14,17-19,25-26,29H,2,9-10,15-16,20-21H2,1H3,(H,34,37). The van der Waals surface area contributed by atoms with Crippen LogP contribution in [0.3, 0.4) is 0 Å². The zero-order valence-electron chi connectivity index (χ0n) is 21.2. The van der Waals surface area contributed by atoms with Crippen LogP contribution in [0.4, 0.5) is 0 Å². The molecule has 1 atom stereocenters. The van der Waals surface area contributed by atoms with Crippen molar-refractivity contribution < 1.29 is 9.59 Å². The van der Waals surface area contributed by atoms with Gasteiger partial charge in [0.25, 0.3) is 0 Å². The lowest BCUT2D eigenvalue weighted by Crippen LogP contribution is -2.51. The fourth-order valence-corrected chi connectivity index (χ4v) is 5.53. The second-order valence-electron chi connectivity index (χ2n) is 9.76. The summed E-state index contributed by atoms with van der Waals surface area (Å²) in [6.45, 7) is 2.24. The Labute approximate surface area is 230 Å². The molecule has 1 N–H and O–H groups in total. The average Bonchev–Trinajstić information content (AvgIpc) is 3.43. The van der Waals surface area contributed by atoms with E-state index in [0.29, 0.717) is 16.5 Å². The van der Waals surface area contributed by atoms with Crippen LogP contribution in [0.2, 0.25) is 10.0 Å². The molecule has 37 heavy (non-hydrogen) atoms. The SMILES string of the molecule is CCC(C(=O)NC1CCCC1)N(Cc1ccc(Cl)c(Cl)c1)C(=O)CC(c1ccccc1)c1ccccc1. The normalized spacial score (nSPS) is 14.5. The summed E-state index contributed by atoms with van der Waals surface area (Å²) in [6.07, 6.45) is 5.02. The maximum atomic E-state index is 14.1. The van der Waals surface area contributed by atoms with E-state index < -0.39 is 6.04 Å². The third-order valence-corrected chi connectivity index (χ3v) is 7.95. The number of nitrogens with one attached hydrogen (secondary N) is 1. The zero-order valence-corrected chi connectivity index (χ0v) is 22.7. The fourth-order valence-electron chi connectivity index (χ4n) is 5.21. The van der Waals surface area contributed by atoms with Gasteiger partial charge < -0.3 is 10.2 Å². The molecule has 1 aliphatic carbocycles. The van der Waals surface area contributed by atoms with Crippen molar-refractivity contribution in [3.05, 3.63) is 106 Å². The molecular weight excluding hydrogens is 503 g/mol. The predicted molar refractivity (Wildman–Crippen MR) is 151 cm³/mol. The summed E-state index contributed by atoms with van der Waals surface area (Å²) >= 11 is 12.4. The summed E-state index contributed by atoms with van der Waals surface area (Å²) in [5.74, 6) is -0.280. The summed E-state index contributed by atoms with van der Waals surface area (Å²) in [5.41, 5.74) is 2.98. The van der Waals surface area contributed by atoms with Crippen LogP contribution in [0, 0.1) is 0 Å². The second kappa shape index (κ2) is 13.1. The van der Waals surface area contributed by atoms with E-state index in [2.05, 4.69) is 29.6 Å². The van der Waals surface area contributed by atoms with Gasteiger partial charge in [-0.05, 0) is 48.1 Å². The van der Waals surface area contributed by atoms with Crippen molar-refractivity contribution in [2.24, 2.45) is 0 Å². The van der Waals surface area contributed by atoms with E-state index >= 15 is 0 Å². The number of halogens is 2. The Hall–Kier alpha value is -2.82. The molecule has 4 nitrogen and oxygen atoms in total. The van der Waals surface area contributed by atoms with E-state index in [-0.39, 0.29) is 36.7 Å². The molecule has 3 aromatic rings. The van der Waals surface area contributed by atoms with Crippen LogP contribution in [0.5, 0.6) is 0 Å². The van der Waals surface area contributed by atoms with Gasteiger partial charge in [-0.1, -0.05) is 110 Å². The van der Waals surface area contributed by atoms with Crippen molar-refractivity contribution in [3.63, 3.8) is 0 Å². The topological polar surface area (TPSA) is 49.4 Å². The molecule has 0 saturated heterocycles. The van der Waals surface area contributed by atoms with Gasteiger partial charge in [0.2, 0.25) is 11.8 Å². The van der Waals surface area contributed by atoms with Crippen molar-refractivity contribution in [3.8, 4) is 0 Å². The molecule has 0 radical (unpaired) electrons. The number of carbonyl (C=O) groups excluding carboxylic acids is 2. The second-order valence-corrected chi connectivity index (χ2v) is 10.6. The monoisotopic (exact) mass is 536 g/mol. The molecule has 1 aliphatic rings.